The van der Waals surface area contributed by atoms with Gasteiger partial charge in [0.25, 0.3) is 0 Å². The summed E-state index contributed by atoms with van der Waals surface area (Å²) >= 11 is 0. The molecule has 180 valence electrons. The zero-order valence-electron chi connectivity index (χ0n) is 20.6. The van der Waals surface area contributed by atoms with Gasteiger partial charge in [0, 0.05) is 5.39 Å². The molecule has 7 aromatic rings. The van der Waals surface area contributed by atoms with Gasteiger partial charge in [-0.1, -0.05) is 121 Å². The largest absolute Gasteiger partial charge is 0.507 e. The Bertz CT molecular complexity index is 1970. The Kier molecular flexibility index (Phi) is 4.61. The van der Waals surface area contributed by atoms with Gasteiger partial charge in [0.2, 0.25) is 0 Å². The Labute approximate surface area is 220 Å². The lowest BCUT2D eigenvalue weighted by Gasteiger charge is -2.15. The summed E-state index contributed by atoms with van der Waals surface area (Å²) in [6.45, 7) is 0. The average molecular weight is 489 g/mol. The maximum atomic E-state index is 10.2. The van der Waals surface area contributed by atoms with Gasteiger partial charge in [0.05, 0.1) is 0 Å². The normalized spacial score (nSPS) is 17.4. The highest BCUT2D eigenvalue weighted by atomic mass is 16.5. The van der Waals surface area contributed by atoms with Gasteiger partial charge in [-0.15, -0.1) is 0 Å². The molecule has 0 saturated heterocycles. The Morgan fingerprint density at radius 2 is 0.737 bits per heavy atom. The van der Waals surface area contributed by atoms with E-state index < -0.39 is 0 Å². The number of fused-ring (bicyclic) bond motifs is 16. The molecule has 0 radical (unpaired) electrons. The van der Waals surface area contributed by atoms with Gasteiger partial charge in [-0.2, -0.15) is 0 Å². The molecule has 2 aliphatic rings. The lowest BCUT2D eigenvalue weighted by atomic mass is 9.86. The van der Waals surface area contributed by atoms with Crippen LogP contribution in [0.2, 0.25) is 0 Å². The van der Waals surface area contributed by atoms with Crippen LogP contribution in [-0.4, -0.2) is 5.11 Å². The van der Waals surface area contributed by atoms with Gasteiger partial charge in [0.15, 0.2) is 0 Å². The van der Waals surface area contributed by atoms with E-state index in [1.165, 1.54) is 48.8 Å². The third-order valence-electron chi connectivity index (χ3n) is 8.08. The number of hydrogen-bond donors (Lipinski definition) is 1. The number of phenolic OH excluding ortho intramolecular Hbond substituents is 1. The highest BCUT2D eigenvalue weighted by Gasteiger charge is 2.36. The van der Waals surface area contributed by atoms with E-state index in [9.17, 15) is 5.11 Å². The van der Waals surface area contributed by atoms with E-state index in [-0.39, 0.29) is 12.2 Å². The molecule has 0 aromatic heterocycles. The summed E-state index contributed by atoms with van der Waals surface area (Å²) in [6, 6.07) is 39.7. The maximum Gasteiger partial charge on any atom is 0.124 e. The summed E-state index contributed by atoms with van der Waals surface area (Å²) in [5.74, 6) is 0.347. The molecular formula is C36H24O2. The van der Waals surface area contributed by atoms with Crippen molar-refractivity contribution < 1.29 is 9.84 Å². The van der Waals surface area contributed by atoms with Crippen LogP contribution in [0.25, 0.3) is 53.9 Å². The fraction of sp³-hybridized carbons (Fsp3) is 0.0556. The smallest absolute Gasteiger partial charge is 0.124 e. The molecule has 2 heteroatoms. The van der Waals surface area contributed by atoms with Crippen molar-refractivity contribution in [3.8, 4) is 5.75 Å². The van der Waals surface area contributed by atoms with Crippen molar-refractivity contribution in [3.05, 3.63) is 139 Å². The standard InChI is InChI=1S/2C18H12O/c1-3-7-13-11(5-1)12-6-2-4-8-14(12)18-16-10-9-15(19-16)17(13)18;19-17-11-5-10-16-14-7-2-1-6-12(14)13-8-3-4-9-15(13)18(16)17/h1-10,15-16H;1-11,19H. The summed E-state index contributed by atoms with van der Waals surface area (Å²) in [7, 11) is 0. The minimum atomic E-state index is 0.148. The SMILES string of the molecule is C1=CC2OC1c1c2c2ccccc2c2ccccc12.Oc1cccc2c3ccccc3c3ccccc3c12. The van der Waals surface area contributed by atoms with E-state index >= 15 is 0 Å². The third kappa shape index (κ3) is 2.98. The van der Waals surface area contributed by atoms with Crippen LogP contribution in [0, 0.1) is 0 Å². The number of benzene rings is 7. The average Bonchev–Trinajstić information content (AvgIpc) is 3.61. The van der Waals surface area contributed by atoms with Crippen molar-refractivity contribution in [2.75, 3.05) is 0 Å². The highest BCUT2D eigenvalue weighted by molar-refractivity contribution is 6.26. The van der Waals surface area contributed by atoms with Gasteiger partial charge in [-0.05, 0) is 65.7 Å². The Morgan fingerprint density at radius 3 is 1.21 bits per heavy atom. The number of rotatable bonds is 0. The van der Waals surface area contributed by atoms with Crippen molar-refractivity contribution >= 4 is 53.9 Å². The number of phenols is 1. The molecule has 38 heavy (non-hydrogen) atoms. The first-order valence-electron chi connectivity index (χ1n) is 13.1. The van der Waals surface area contributed by atoms with Gasteiger partial charge >= 0.3 is 0 Å². The van der Waals surface area contributed by atoms with Crippen LogP contribution in [0.4, 0.5) is 0 Å². The van der Waals surface area contributed by atoms with Crippen LogP contribution in [0.5, 0.6) is 5.75 Å². The molecular weight excluding hydrogens is 464 g/mol. The van der Waals surface area contributed by atoms with E-state index in [1.807, 2.05) is 24.3 Å². The molecule has 2 atom stereocenters. The fourth-order valence-corrected chi connectivity index (χ4v) is 6.52. The first-order chi connectivity index (χ1) is 18.8. The third-order valence-corrected chi connectivity index (χ3v) is 8.08. The molecule has 7 aromatic carbocycles. The van der Waals surface area contributed by atoms with Crippen LogP contribution in [0.15, 0.2) is 127 Å². The van der Waals surface area contributed by atoms with Gasteiger partial charge in [0.1, 0.15) is 18.0 Å². The number of hydrogen-bond acceptors (Lipinski definition) is 2. The Hall–Kier alpha value is -4.66. The summed E-state index contributed by atoms with van der Waals surface area (Å²) in [5, 5.41) is 22.3. The predicted molar refractivity (Wildman–Crippen MR) is 158 cm³/mol. The minimum absolute atomic E-state index is 0.148. The monoisotopic (exact) mass is 488 g/mol. The second-order valence-corrected chi connectivity index (χ2v) is 10.1. The molecule has 2 heterocycles. The quantitative estimate of drug-likeness (QED) is 0.170. The van der Waals surface area contributed by atoms with Crippen LogP contribution < -0.4 is 0 Å². The van der Waals surface area contributed by atoms with Crippen LogP contribution in [-0.2, 0) is 4.74 Å². The molecule has 9 rings (SSSR count). The number of aromatic hydroxyl groups is 1. The summed E-state index contributed by atoms with van der Waals surface area (Å²) < 4.78 is 6.05. The highest BCUT2D eigenvalue weighted by Crippen LogP contribution is 2.52. The second-order valence-electron chi connectivity index (χ2n) is 10.1. The molecule has 0 spiro atoms. The van der Waals surface area contributed by atoms with Crippen molar-refractivity contribution in [3.63, 3.8) is 0 Å². The minimum Gasteiger partial charge on any atom is -0.507 e. The van der Waals surface area contributed by atoms with Crippen molar-refractivity contribution in [2.45, 2.75) is 12.2 Å². The summed E-state index contributed by atoms with van der Waals surface area (Å²) in [5.41, 5.74) is 2.75. The maximum absolute atomic E-state index is 10.2. The summed E-state index contributed by atoms with van der Waals surface area (Å²) in [4.78, 5) is 0. The molecule has 0 fully saturated rings. The van der Waals surface area contributed by atoms with Crippen LogP contribution >= 0.6 is 0 Å². The van der Waals surface area contributed by atoms with Crippen molar-refractivity contribution in [2.24, 2.45) is 0 Å². The lowest BCUT2D eigenvalue weighted by molar-refractivity contribution is 0.0887. The van der Waals surface area contributed by atoms with E-state index in [0.717, 1.165) is 16.2 Å². The topological polar surface area (TPSA) is 29.5 Å². The molecule has 0 amide bonds. The van der Waals surface area contributed by atoms with Gasteiger partial charge in [-0.25, -0.2) is 0 Å². The van der Waals surface area contributed by atoms with Crippen molar-refractivity contribution in [1.29, 1.82) is 0 Å². The van der Waals surface area contributed by atoms with Gasteiger partial charge < -0.3 is 9.84 Å². The van der Waals surface area contributed by atoms with E-state index in [2.05, 4.69) is 97.1 Å². The second kappa shape index (κ2) is 8.17. The first-order valence-corrected chi connectivity index (χ1v) is 13.1. The Morgan fingerprint density at radius 1 is 0.395 bits per heavy atom. The first kappa shape index (κ1) is 21.4. The Balaban J connectivity index is 0.000000118. The van der Waals surface area contributed by atoms with Crippen LogP contribution in [0.1, 0.15) is 23.3 Å². The fourth-order valence-electron chi connectivity index (χ4n) is 6.52. The lowest BCUT2D eigenvalue weighted by Crippen LogP contribution is -1.96. The molecule has 2 unspecified atom stereocenters. The van der Waals surface area contributed by atoms with E-state index in [4.69, 9.17) is 4.74 Å². The van der Waals surface area contributed by atoms with Crippen molar-refractivity contribution in [1.82, 2.24) is 0 Å². The molecule has 0 aliphatic carbocycles. The van der Waals surface area contributed by atoms with Gasteiger partial charge in [-0.3, -0.25) is 0 Å². The van der Waals surface area contributed by atoms with Crippen LogP contribution in [0.3, 0.4) is 0 Å². The molecule has 2 bridgehead atoms. The predicted octanol–water partition coefficient (Wildman–Crippen LogP) is 9.53. The summed E-state index contributed by atoms with van der Waals surface area (Å²) in [6.07, 6.45) is 4.67. The molecule has 0 saturated carbocycles. The number of ether oxygens (including phenoxy) is 1. The molecule has 1 N–H and O–H groups in total. The zero-order chi connectivity index (χ0) is 25.2. The molecule has 2 nitrogen and oxygen atoms in total. The van der Waals surface area contributed by atoms with E-state index in [1.54, 1.807) is 6.07 Å². The zero-order valence-corrected chi connectivity index (χ0v) is 20.6. The molecule has 2 aliphatic heterocycles. The van der Waals surface area contributed by atoms with E-state index in [0.29, 0.717) is 5.75 Å².